The highest BCUT2D eigenvalue weighted by Crippen LogP contribution is 2.23. The molecule has 2 aromatic rings. The number of hydrogen-bond donors (Lipinski definition) is 7. The highest BCUT2D eigenvalue weighted by atomic mass is 32.2. The molecule has 0 bridgehead atoms. The number of thiol groups is 1. The van der Waals surface area contributed by atoms with Crippen LogP contribution in [0.1, 0.15) is 24.8 Å². The molecule has 1 amide bonds. The molecule has 1 heterocycles. The summed E-state index contributed by atoms with van der Waals surface area (Å²) >= 11 is 5.91. The Morgan fingerprint density at radius 2 is 1.39 bits per heavy atom. The van der Waals surface area contributed by atoms with Gasteiger partial charge in [0.05, 0.1) is 6.54 Å². The highest BCUT2D eigenvalue weighted by molar-refractivity contribution is 7.98. The molecule has 56 heavy (non-hydrogen) atoms. The van der Waals surface area contributed by atoms with Gasteiger partial charge in [0.15, 0.2) is 0 Å². The summed E-state index contributed by atoms with van der Waals surface area (Å²) in [5.41, 5.74) is 7.34. The van der Waals surface area contributed by atoms with Gasteiger partial charge >= 0.3 is 42.4 Å². The second-order valence-electron chi connectivity index (χ2n) is 11.7. The summed E-state index contributed by atoms with van der Waals surface area (Å²) in [5.74, 6) is -8.20. The van der Waals surface area contributed by atoms with E-state index in [2.05, 4.69) is 52.0 Å². The van der Waals surface area contributed by atoms with Gasteiger partial charge < -0.3 is 31.5 Å². The Morgan fingerprint density at radius 1 is 0.893 bits per heavy atom. The maximum atomic E-state index is 13.0. The molecule has 0 unspecified atom stereocenters. The Morgan fingerprint density at radius 3 is 1.86 bits per heavy atom. The number of thioether (sulfide) groups is 1. The quantitative estimate of drug-likeness (QED) is 0.103. The first-order valence-corrected chi connectivity index (χ1v) is 18.0. The van der Waals surface area contributed by atoms with Gasteiger partial charge in [-0.15, -0.1) is 0 Å². The smallest absolute Gasteiger partial charge is 0.480 e. The normalized spacial score (nSPS) is 15.6. The lowest BCUT2D eigenvalue weighted by Gasteiger charge is -2.32. The minimum absolute atomic E-state index is 0.0153. The maximum absolute atomic E-state index is 13.0. The Balaban J connectivity index is 0.00000117. The number of fused-ring (bicyclic) bond motifs is 1. The van der Waals surface area contributed by atoms with E-state index in [1.54, 1.807) is 11.8 Å². The van der Waals surface area contributed by atoms with E-state index < -0.39 is 48.4 Å². The van der Waals surface area contributed by atoms with Gasteiger partial charge in [0.2, 0.25) is 5.91 Å². The molecule has 0 saturated carbocycles. The van der Waals surface area contributed by atoms with E-state index in [4.69, 9.17) is 35.4 Å². The van der Waals surface area contributed by atoms with Crippen molar-refractivity contribution in [2.45, 2.75) is 62.5 Å². The lowest BCUT2D eigenvalue weighted by Crippen LogP contribution is -2.49. The molecule has 13 nitrogen and oxygen atoms in total. The molecule has 3 atom stereocenters. The van der Waals surface area contributed by atoms with E-state index in [1.165, 1.54) is 10.8 Å². The third kappa shape index (κ3) is 21.3. The Kier molecular flexibility index (Phi) is 22.8. The minimum atomic E-state index is -5.08. The number of rotatable bonds is 14. The van der Waals surface area contributed by atoms with Crippen LogP contribution in [0, 0.1) is 0 Å². The summed E-state index contributed by atoms with van der Waals surface area (Å²) in [6.45, 7) is 3.27. The van der Waals surface area contributed by atoms with E-state index in [1.807, 2.05) is 24.5 Å². The number of carbonyl (C=O) groups is 5. The summed E-state index contributed by atoms with van der Waals surface area (Å²) in [7, 11) is 0. The number of nitrogens with zero attached hydrogens (tertiary/aromatic N) is 2. The van der Waals surface area contributed by atoms with Gasteiger partial charge in [0, 0.05) is 37.5 Å². The van der Waals surface area contributed by atoms with Crippen LogP contribution in [-0.2, 0) is 30.5 Å². The number of alkyl halides is 9. The van der Waals surface area contributed by atoms with Crippen LogP contribution in [0.4, 0.5) is 39.5 Å². The van der Waals surface area contributed by atoms with Crippen molar-refractivity contribution in [1.82, 2.24) is 15.1 Å². The molecule has 7 N–H and O–H groups in total. The zero-order valence-corrected chi connectivity index (χ0v) is 31.1. The van der Waals surface area contributed by atoms with Crippen LogP contribution in [0.5, 0.6) is 0 Å². The molecule has 3 rings (SSSR count). The Labute approximate surface area is 323 Å². The van der Waals surface area contributed by atoms with Gasteiger partial charge in [-0.25, -0.2) is 19.2 Å². The summed E-state index contributed by atoms with van der Waals surface area (Å²) < 4.78 is 95.2. The van der Waals surface area contributed by atoms with Crippen molar-refractivity contribution < 1.29 is 83.9 Å². The van der Waals surface area contributed by atoms with Crippen molar-refractivity contribution in [3.8, 4) is 0 Å². The summed E-state index contributed by atoms with van der Waals surface area (Å²) in [5, 5.41) is 36.0. The molecule has 318 valence electrons. The first-order valence-electron chi connectivity index (χ1n) is 15.9. The monoisotopic (exact) mass is 860 g/mol. The predicted molar refractivity (Wildman–Crippen MR) is 189 cm³/mol. The predicted octanol–water partition coefficient (Wildman–Crippen LogP) is 4.59. The van der Waals surface area contributed by atoms with E-state index in [-0.39, 0.29) is 18.5 Å². The van der Waals surface area contributed by atoms with Gasteiger partial charge in [-0.1, -0.05) is 42.5 Å². The summed E-state index contributed by atoms with van der Waals surface area (Å²) in [6, 6.07) is 14.0. The van der Waals surface area contributed by atoms with Crippen molar-refractivity contribution in [3.05, 3.63) is 48.0 Å². The van der Waals surface area contributed by atoms with E-state index >= 15 is 0 Å². The van der Waals surface area contributed by atoms with Crippen molar-refractivity contribution >= 4 is 64.9 Å². The molecule has 2 aromatic carbocycles. The number of aliphatic carboxylic acids is 4. The van der Waals surface area contributed by atoms with Crippen LogP contribution in [0.25, 0.3) is 10.8 Å². The molecular weight excluding hydrogens is 819 g/mol. The van der Waals surface area contributed by atoms with Gasteiger partial charge in [-0.3, -0.25) is 14.6 Å². The standard InChI is InChI=1S/C26H38N4O3S2.3C2HF3O2/c1-35-13-11-24(26(32)33)28-25(31)17-29(16-22-9-5-12-30(22)15-21(27)18-34)14-20-8-4-7-19-6-2-3-10-23(19)20;3*3-2(4,5)1(6)7/h2-4,6-8,10,21-22,24,34H,5,9,11-18,27H2,1H3,(H,28,31)(H,32,33);3*(H,6,7)/t21-,22+,24+;;;/m1.../s1. The zero-order chi connectivity index (χ0) is 43.4. The molecule has 1 aliphatic rings. The van der Waals surface area contributed by atoms with E-state index in [9.17, 15) is 54.2 Å². The zero-order valence-electron chi connectivity index (χ0n) is 29.4. The Bertz CT molecular complexity index is 1510. The minimum Gasteiger partial charge on any atom is -0.480 e. The number of benzene rings is 2. The average molecular weight is 861 g/mol. The van der Waals surface area contributed by atoms with Gasteiger partial charge in [-0.05, 0) is 54.2 Å². The van der Waals surface area contributed by atoms with Gasteiger partial charge in [0.25, 0.3) is 0 Å². The fourth-order valence-corrected chi connectivity index (χ4v) is 5.38. The fourth-order valence-electron chi connectivity index (χ4n) is 4.79. The number of carbonyl (C=O) groups excluding carboxylic acids is 1. The van der Waals surface area contributed by atoms with Crippen LogP contribution < -0.4 is 11.1 Å². The molecular formula is C32H41F9N4O9S2. The number of nitrogens with one attached hydrogen (secondary N) is 1. The second kappa shape index (κ2) is 24.6. The van der Waals surface area contributed by atoms with Crippen LogP contribution >= 0.6 is 24.4 Å². The first kappa shape index (κ1) is 52.0. The molecule has 1 saturated heterocycles. The Hall–Kier alpha value is -4.00. The third-order valence-electron chi connectivity index (χ3n) is 7.28. The molecule has 0 aliphatic carbocycles. The molecule has 0 radical (unpaired) electrons. The van der Waals surface area contributed by atoms with E-state index in [0.29, 0.717) is 30.5 Å². The number of nitrogens with two attached hydrogens (primary N) is 1. The number of halogens is 9. The topological polar surface area (TPSA) is 211 Å². The number of carboxylic acids is 4. The van der Waals surface area contributed by atoms with Crippen LogP contribution in [0.2, 0.25) is 0 Å². The van der Waals surface area contributed by atoms with Crippen molar-refractivity contribution in [2.24, 2.45) is 5.73 Å². The highest BCUT2D eigenvalue weighted by Gasteiger charge is 2.39. The molecule has 1 aliphatic heterocycles. The lowest BCUT2D eigenvalue weighted by molar-refractivity contribution is -0.193. The second-order valence-corrected chi connectivity index (χ2v) is 13.0. The first-order chi connectivity index (χ1) is 25.7. The van der Waals surface area contributed by atoms with Crippen LogP contribution in [0.3, 0.4) is 0 Å². The number of likely N-dealkylation sites (tertiary alicyclic amines) is 1. The fraction of sp³-hybridized carbons (Fsp3) is 0.531. The van der Waals surface area contributed by atoms with Crippen molar-refractivity contribution in [2.75, 3.05) is 43.9 Å². The number of hydrogen-bond acceptors (Lipinski definition) is 10. The van der Waals surface area contributed by atoms with Gasteiger partial charge in [-0.2, -0.15) is 63.9 Å². The number of carboxylic acid groups (broad SMARTS) is 4. The van der Waals surface area contributed by atoms with Crippen molar-refractivity contribution in [3.63, 3.8) is 0 Å². The molecule has 24 heteroatoms. The van der Waals surface area contributed by atoms with Crippen molar-refractivity contribution in [1.29, 1.82) is 0 Å². The largest absolute Gasteiger partial charge is 0.490 e. The maximum Gasteiger partial charge on any atom is 0.490 e. The van der Waals surface area contributed by atoms with Gasteiger partial charge in [0.1, 0.15) is 6.04 Å². The summed E-state index contributed by atoms with van der Waals surface area (Å²) in [4.78, 5) is 55.9. The average Bonchev–Trinajstić information content (AvgIpc) is 3.51. The number of amides is 1. The van der Waals surface area contributed by atoms with Crippen LogP contribution in [-0.4, -0.2) is 141 Å². The van der Waals surface area contributed by atoms with Crippen LogP contribution in [0.15, 0.2) is 42.5 Å². The lowest BCUT2D eigenvalue weighted by atomic mass is 10.0. The SMILES string of the molecule is CSCC[C@H](NC(=O)CN(Cc1cccc2ccccc12)C[C@@H]1CCCN1C[C@@H](N)CS)C(=O)O.O=C(O)C(F)(F)F.O=C(O)C(F)(F)F.O=C(O)C(F)(F)F. The summed E-state index contributed by atoms with van der Waals surface area (Å²) in [6.07, 6.45) is -10.8. The van der Waals surface area contributed by atoms with E-state index in [0.717, 1.165) is 38.0 Å². The molecule has 0 aromatic heterocycles. The molecule has 1 fully saturated rings. The molecule has 0 spiro atoms. The third-order valence-corrected chi connectivity index (χ3v) is 8.40.